The maximum atomic E-state index is 10.1. The van der Waals surface area contributed by atoms with Crippen molar-refractivity contribution in [1.29, 1.82) is 0 Å². The Morgan fingerprint density at radius 2 is 1.76 bits per heavy atom. The van der Waals surface area contributed by atoms with E-state index in [1.54, 1.807) is 19.4 Å². The van der Waals surface area contributed by atoms with Gasteiger partial charge in [-0.2, -0.15) is 0 Å². The zero-order chi connectivity index (χ0) is 14.7. The van der Waals surface area contributed by atoms with Gasteiger partial charge in [0.25, 0.3) is 0 Å². The molecule has 0 amide bonds. The molecule has 3 heteroatoms. The van der Waals surface area contributed by atoms with Crippen LogP contribution in [0.15, 0.2) is 54.7 Å². The van der Waals surface area contributed by atoms with Crippen molar-refractivity contribution in [3.05, 3.63) is 65.9 Å². The van der Waals surface area contributed by atoms with Gasteiger partial charge in [-0.15, -0.1) is 0 Å². The zero-order valence-corrected chi connectivity index (χ0v) is 11.7. The topological polar surface area (TPSA) is 42.4 Å². The standard InChI is InChI=1S/C18H15NO2/c1-21-17-8-4-5-14(18(17)20)10-9-13-11-12-19-16-7-3-2-6-15(13)16/h2-12,20H,1H3/b10-9+. The number of rotatable bonds is 3. The Balaban J connectivity index is 2.03. The Kier molecular flexibility index (Phi) is 3.56. The van der Waals surface area contributed by atoms with E-state index in [1.807, 2.05) is 54.6 Å². The van der Waals surface area contributed by atoms with Crippen LogP contribution in [0, 0.1) is 0 Å². The van der Waals surface area contributed by atoms with Gasteiger partial charge in [0.1, 0.15) is 0 Å². The summed E-state index contributed by atoms with van der Waals surface area (Å²) in [7, 11) is 1.54. The second-order valence-corrected chi connectivity index (χ2v) is 4.65. The van der Waals surface area contributed by atoms with Crippen LogP contribution in [0.4, 0.5) is 0 Å². The first-order chi connectivity index (χ1) is 10.3. The van der Waals surface area contributed by atoms with Crippen molar-refractivity contribution < 1.29 is 9.84 Å². The molecule has 3 aromatic rings. The number of methoxy groups -OCH3 is 1. The van der Waals surface area contributed by atoms with E-state index >= 15 is 0 Å². The van der Waals surface area contributed by atoms with Gasteiger partial charge in [0.05, 0.1) is 12.6 Å². The van der Waals surface area contributed by atoms with Crippen molar-refractivity contribution in [1.82, 2.24) is 4.98 Å². The van der Waals surface area contributed by atoms with Crippen LogP contribution in [0.2, 0.25) is 0 Å². The summed E-state index contributed by atoms with van der Waals surface area (Å²) in [5.74, 6) is 0.617. The minimum atomic E-state index is 0.148. The number of fused-ring (bicyclic) bond motifs is 1. The van der Waals surface area contributed by atoms with E-state index in [1.165, 1.54) is 0 Å². The maximum Gasteiger partial charge on any atom is 0.165 e. The molecule has 0 spiro atoms. The number of nitrogens with zero attached hydrogens (tertiary/aromatic N) is 1. The summed E-state index contributed by atoms with van der Waals surface area (Å²) in [4.78, 5) is 4.34. The summed E-state index contributed by atoms with van der Waals surface area (Å²) in [6, 6.07) is 15.4. The highest BCUT2D eigenvalue weighted by Crippen LogP contribution is 2.31. The number of aromatic hydroxyl groups is 1. The lowest BCUT2D eigenvalue weighted by atomic mass is 10.1. The Morgan fingerprint density at radius 1 is 0.952 bits per heavy atom. The molecule has 21 heavy (non-hydrogen) atoms. The second kappa shape index (κ2) is 5.67. The molecule has 0 fully saturated rings. The van der Waals surface area contributed by atoms with Crippen LogP contribution < -0.4 is 4.74 Å². The number of aromatic nitrogens is 1. The van der Waals surface area contributed by atoms with Crippen molar-refractivity contribution in [2.75, 3.05) is 7.11 Å². The van der Waals surface area contributed by atoms with E-state index in [-0.39, 0.29) is 5.75 Å². The number of phenols is 1. The zero-order valence-electron chi connectivity index (χ0n) is 11.7. The summed E-state index contributed by atoms with van der Waals surface area (Å²) in [6.07, 6.45) is 5.63. The molecule has 104 valence electrons. The van der Waals surface area contributed by atoms with Crippen molar-refractivity contribution in [2.24, 2.45) is 0 Å². The third-order valence-corrected chi connectivity index (χ3v) is 3.38. The lowest BCUT2D eigenvalue weighted by Crippen LogP contribution is -1.85. The summed E-state index contributed by atoms with van der Waals surface area (Å²) < 4.78 is 5.11. The molecule has 0 saturated heterocycles. The molecule has 3 nitrogen and oxygen atoms in total. The predicted octanol–water partition coefficient (Wildman–Crippen LogP) is 4.12. The van der Waals surface area contributed by atoms with E-state index in [0.717, 1.165) is 22.0 Å². The number of phenolic OH excluding ortho intramolecular Hbond substituents is 1. The van der Waals surface area contributed by atoms with E-state index in [4.69, 9.17) is 4.74 Å². The molecular weight excluding hydrogens is 262 g/mol. The number of benzene rings is 2. The molecule has 0 aliphatic rings. The number of pyridine rings is 1. The highest BCUT2D eigenvalue weighted by atomic mass is 16.5. The first-order valence-electron chi connectivity index (χ1n) is 6.67. The van der Waals surface area contributed by atoms with Crippen molar-refractivity contribution in [3.63, 3.8) is 0 Å². The van der Waals surface area contributed by atoms with Crippen molar-refractivity contribution in [2.45, 2.75) is 0 Å². The number of ether oxygens (including phenoxy) is 1. The minimum Gasteiger partial charge on any atom is -0.504 e. The molecule has 0 aliphatic heterocycles. The average molecular weight is 277 g/mol. The molecule has 1 N–H and O–H groups in total. The smallest absolute Gasteiger partial charge is 0.165 e. The SMILES string of the molecule is COc1cccc(/C=C/c2ccnc3ccccc23)c1O. The molecule has 1 aromatic heterocycles. The van der Waals surface area contributed by atoms with Gasteiger partial charge in [-0.05, 0) is 23.8 Å². The number of hydrogen-bond donors (Lipinski definition) is 1. The van der Waals surface area contributed by atoms with E-state index in [0.29, 0.717) is 5.75 Å². The molecule has 3 rings (SSSR count). The Hall–Kier alpha value is -2.81. The fourth-order valence-electron chi connectivity index (χ4n) is 2.28. The van der Waals surface area contributed by atoms with Crippen LogP contribution in [-0.4, -0.2) is 17.2 Å². The van der Waals surface area contributed by atoms with Gasteiger partial charge >= 0.3 is 0 Å². The van der Waals surface area contributed by atoms with Gasteiger partial charge in [-0.3, -0.25) is 4.98 Å². The second-order valence-electron chi connectivity index (χ2n) is 4.65. The summed E-state index contributed by atoms with van der Waals surface area (Å²) in [5.41, 5.74) is 2.73. The predicted molar refractivity (Wildman–Crippen MR) is 85.3 cm³/mol. The number of hydrogen-bond acceptors (Lipinski definition) is 3. The Labute approximate surface area is 123 Å². The van der Waals surface area contributed by atoms with Crippen molar-refractivity contribution >= 4 is 23.1 Å². The van der Waals surface area contributed by atoms with Gasteiger partial charge in [-0.25, -0.2) is 0 Å². The first-order valence-corrected chi connectivity index (χ1v) is 6.67. The van der Waals surface area contributed by atoms with Gasteiger partial charge < -0.3 is 9.84 Å². The molecule has 0 bridgehead atoms. The molecule has 0 saturated carbocycles. The van der Waals surface area contributed by atoms with Crippen LogP contribution in [0.1, 0.15) is 11.1 Å². The molecule has 0 unspecified atom stereocenters. The average Bonchev–Trinajstić information content (AvgIpc) is 2.54. The Bertz CT molecular complexity index is 804. The molecule has 2 aromatic carbocycles. The van der Waals surface area contributed by atoms with Gasteiger partial charge in [-0.1, -0.05) is 42.5 Å². The van der Waals surface area contributed by atoms with E-state index < -0.39 is 0 Å². The van der Waals surface area contributed by atoms with Gasteiger partial charge in [0, 0.05) is 17.1 Å². The summed E-state index contributed by atoms with van der Waals surface area (Å²) in [6.45, 7) is 0. The van der Waals surface area contributed by atoms with Crippen molar-refractivity contribution in [3.8, 4) is 11.5 Å². The molecule has 0 aliphatic carbocycles. The highest BCUT2D eigenvalue weighted by Gasteiger charge is 2.04. The summed E-state index contributed by atoms with van der Waals surface area (Å²) >= 11 is 0. The van der Waals surface area contributed by atoms with Gasteiger partial charge in [0.2, 0.25) is 0 Å². The molecule has 0 radical (unpaired) electrons. The van der Waals surface area contributed by atoms with Crippen LogP contribution >= 0.6 is 0 Å². The fraction of sp³-hybridized carbons (Fsp3) is 0.0556. The van der Waals surface area contributed by atoms with Crippen LogP contribution in [0.3, 0.4) is 0 Å². The lowest BCUT2D eigenvalue weighted by Gasteiger charge is -2.05. The molecule has 0 atom stereocenters. The van der Waals surface area contributed by atoms with Crippen LogP contribution in [0.5, 0.6) is 11.5 Å². The highest BCUT2D eigenvalue weighted by molar-refractivity contribution is 5.90. The summed E-state index contributed by atoms with van der Waals surface area (Å²) in [5, 5.41) is 11.2. The normalized spacial score (nSPS) is 11.1. The maximum absolute atomic E-state index is 10.1. The molecule has 1 heterocycles. The minimum absolute atomic E-state index is 0.148. The third-order valence-electron chi connectivity index (χ3n) is 3.38. The monoisotopic (exact) mass is 277 g/mol. The fourth-order valence-corrected chi connectivity index (χ4v) is 2.28. The third kappa shape index (κ3) is 2.58. The van der Waals surface area contributed by atoms with Gasteiger partial charge in [0.15, 0.2) is 11.5 Å². The first kappa shape index (κ1) is 13.2. The lowest BCUT2D eigenvalue weighted by molar-refractivity contribution is 0.373. The number of para-hydroxylation sites is 2. The molecular formula is C18H15NO2. The van der Waals surface area contributed by atoms with E-state index in [2.05, 4.69) is 4.98 Å². The van der Waals surface area contributed by atoms with Crippen LogP contribution in [-0.2, 0) is 0 Å². The van der Waals surface area contributed by atoms with E-state index in [9.17, 15) is 5.11 Å². The Morgan fingerprint density at radius 3 is 2.62 bits per heavy atom. The largest absolute Gasteiger partial charge is 0.504 e. The van der Waals surface area contributed by atoms with Crippen LogP contribution in [0.25, 0.3) is 23.1 Å². The quantitative estimate of drug-likeness (QED) is 0.783.